The van der Waals surface area contributed by atoms with Crippen LogP contribution in [0.4, 0.5) is 0 Å². The molecule has 1 fully saturated rings. The first-order valence-electron chi connectivity index (χ1n) is 5.49. The first-order chi connectivity index (χ1) is 6.86. The van der Waals surface area contributed by atoms with Gasteiger partial charge in [0.25, 0.3) is 0 Å². The summed E-state index contributed by atoms with van der Waals surface area (Å²) in [6, 6.07) is 4.62. The number of nitrogens with one attached hydrogen (secondary N) is 1. The van der Waals surface area contributed by atoms with Gasteiger partial charge >= 0.3 is 0 Å². The molecule has 1 aliphatic rings. The average molecular weight is 190 g/mol. The van der Waals surface area contributed by atoms with Gasteiger partial charge in [-0.2, -0.15) is 0 Å². The Kier molecular flexibility index (Phi) is 3.14. The van der Waals surface area contributed by atoms with Gasteiger partial charge in [-0.25, -0.2) is 0 Å². The van der Waals surface area contributed by atoms with Gasteiger partial charge in [0.05, 0.1) is 0 Å². The van der Waals surface area contributed by atoms with Gasteiger partial charge in [0.15, 0.2) is 0 Å². The van der Waals surface area contributed by atoms with Crippen LogP contribution in [0.25, 0.3) is 0 Å². The van der Waals surface area contributed by atoms with Crippen LogP contribution in [-0.4, -0.2) is 11.5 Å². The van der Waals surface area contributed by atoms with Gasteiger partial charge in [-0.1, -0.05) is 6.42 Å². The van der Waals surface area contributed by atoms with Crippen LogP contribution < -0.4 is 5.32 Å². The third kappa shape index (κ3) is 2.32. The largest absolute Gasteiger partial charge is 0.310 e. The van der Waals surface area contributed by atoms with Crippen LogP contribution in [0.1, 0.15) is 37.8 Å². The number of pyridine rings is 1. The predicted molar refractivity (Wildman–Crippen MR) is 58.0 cm³/mol. The standard InChI is InChI=1S/C12H18N2/c1-10(12-5-7-13-8-6-12)14-9-11-3-2-4-11/h5-8,10-11,14H,2-4,9H2,1H3/t10-/m1/s1. The number of nitrogens with zero attached hydrogens (tertiary/aromatic N) is 1. The summed E-state index contributed by atoms with van der Waals surface area (Å²) in [5, 5.41) is 3.57. The molecule has 76 valence electrons. The molecular formula is C12H18N2. The lowest BCUT2D eigenvalue weighted by Crippen LogP contribution is -2.29. The molecule has 2 nitrogen and oxygen atoms in total. The van der Waals surface area contributed by atoms with Crippen molar-refractivity contribution in [1.29, 1.82) is 0 Å². The van der Waals surface area contributed by atoms with Gasteiger partial charge in [0, 0.05) is 18.4 Å². The molecule has 0 unspecified atom stereocenters. The summed E-state index contributed by atoms with van der Waals surface area (Å²) in [7, 11) is 0. The molecule has 0 aliphatic heterocycles. The van der Waals surface area contributed by atoms with Gasteiger partial charge in [-0.3, -0.25) is 4.98 Å². The van der Waals surface area contributed by atoms with Crippen molar-refractivity contribution in [3.63, 3.8) is 0 Å². The molecule has 2 heteroatoms. The fourth-order valence-electron chi connectivity index (χ4n) is 1.81. The van der Waals surface area contributed by atoms with Crippen molar-refractivity contribution in [2.24, 2.45) is 5.92 Å². The average Bonchev–Trinajstić information content (AvgIpc) is 2.16. The fourth-order valence-corrected chi connectivity index (χ4v) is 1.81. The molecule has 0 radical (unpaired) electrons. The minimum atomic E-state index is 0.457. The van der Waals surface area contributed by atoms with E-state index in [0.29, 0.717) is 6.04 Å². The number of aromatic nitrogens is 1. The highest BCUT2D eigenvalue weighted by Crippen LogP contribution is 2.26. The van der Waals surface area contributed by atoms with E-state index in [9.17, 15) is 0 Å². The zero-order valence-electron chi connectivity index (χ0n) is 8.74. The Hall–Kier alpha value is -0.890. The Morgan fingerprint density at radius 3 is 2.71 bits per heavy atom. The maximum absolute atomic E-state index is 4.02. The van der Waals surface area contributed by atoms with Crippen molar-refractivity contribution in [2.45, 2.75) is 32.2 Å². The van der Waals surface area contributed by atoms with Gasteiger partial charge in [0.2, 0.25) is 0 Å². The zero-order valence-corrected chi connectivity index (χ0v) is 8.74. The second-order valence-electron chi connectivity index (χ2n) is 4.21. The molecule has 1 aromatic rings. The molecule has 0 bridgehead atoms. The summed E-state index contributed by atoms with van der Waals surface area (Å²) in [6.07, 6.45) is 7.97. The molecule has 1 N–H and O–H groups in total. The molecule has 1 aliphatic carbocycles. The van der Waals surface area contributed by atoms with E-state index in [2.05, 4.69) is 29.4 Å². The maximum Gasteiger partial charge on any atom is 0.0293 e. The van der Waals surface area contributed by atoms with Crippen LogP contribution in [0, 0.1) is 5.92 Å². The molecule has 1 saturated carbocycles. The van der Waals surface area contributed by atoms with E-state index in [-0.39, 0.29) is 0 Å². The number of rotatable bonds is 4. The molecule has 1 heterocycles. The number of hydrogen-bond donors (Lipinski definition) is 1. The molecule has 0 spiro atoms. The van der Waals surface area contributed by atoms with Crippen LogP contribution in [0.2, 0.25) is 0 Å². The molecule has 0 amide bonds. The lowest BCUT2D eigenvalue weighted by molar-refractivity contribution is 0.292. The minimum absolute atomic E-state index is 0.457. The van der Waals surface area contributed by atoms with Gasteiger partial charge < -0.3 is 5.32 Å². The lowest BCUT2D eigenvalue weighted by atomic mass is 9.85. The third-order valence-electron chi connectivity index (χ3n) is 3.14. The van der Waals surface area contributed by atoms with E-state index in [1.54, 1.807) is 0 Å². The summed E-state index contributed by atoms with van der Waals surface area (Å²) in [4.78, 5) is 4.02. The van der Waals surface area contributed by atoms with Crippen molar-refractivity contribution >= 4 is 0 Å². The molecular weight excluding hydrogens is 172 g/mol. The summed E-state index contributed by atoms with van der Waals surface area (Å²) >= 11 is 0. The topological polar surface area (TPSA) is 24.9 Å². The molecule has 0 saturated heterocycles. The van der Waals surface area contributed by atoms with Crippen molar-refractivity contribution in [1.82, 2.24) is 10.3 Å². The van der Waals surface area contributed by atoms with E-state index < -0.39 is 0 Å². The highest BCUT2D eigenvalue weighted by molar-refractivity contribution is 5.13. The summed E-state index contributed by atoms with van der Waals surface area (Å²) in [5.74, 6) is 0.930. The molecule has 0 aromatic carbocycles. The normalized spacial score (nSPS) is 18.9. The summed E-state index contributed by atoms with van der Waals surface area (Å²) in [5.41, 5.74) is 1.33. The van der Waals surface area contributed by atoms with Crippen LogP contribution >= 0.6 is 0 Å². The van der Waals surface area contributed by atoms with Gasteiger partial charge in [-0.15, -0.1) is 0 Å². The van der Waals surface area contributed by atoms with Crippen molar-refractivity contribution in [3.05, 3.63) is 30.1 Å². The van der Waals surface area contributed by atoms with Crippen molar-refractivity contribution in [2.75, 3.05) is 6.54 Å². The molecule has 1 aromatic heterocycles. The minimum Gasteiger partial charge on any atom is -0.310 e. The van der Waals surface area contributed by atoms with E-state index in [4.69, 9.17) is 0 Å². The van der Waals surface area contributed by atoms with Crippen LogP contribution in [-0.2, 0) is 0 Å². The Balaban J connectivity index is 1.80. The highest BCUT2D eigenvalue weighted by atomic mass is 14.9. The Labute approximate surface area is 85.7 Å². The summed E-state index contributed by atoms with van der Waals surface area (Å²) in [6.45, 7) is 3.39. The monoisotopic (exact) mass is 190 g/mol. The van der Waals surface area contributed by atoms with Crippen LogP contribution in [0.5, 0.6) is 0 Å². The Morgan fingerprint density at radius 1 is 1.43 bits per heavy atom. The van der Waals surface area contributed by atoms with Gasteiger partial charge in [-0.05, 0) is 49.9 Å². The predicted octanol–water partition coefficient (Wildman–Crippen LogP) is 2.53. The fraction of sp³-hybridized carbons (Fsp3) is 0.583. The molecule has 2 rings (SSSR count). The number of hydrogen-bond acceptors (Lipinski definition) is 2. The first-order valence-corrected chi connectivity index (χ1v) is 5.49. The SMILES string of the molecule is C[C@@H](NCC1CCC1)c1ccncc1. The maximum atomic E-state index is 4.02. The van der Waals surface area contributed by atoms with Crippen LogP contribution in [0.15, 0.2) is 24.5 Å². The molecule has 14 heavy (non-hydrogen) atoms. The Morgan fingerprint density at radius 2 is 2.14 bits per heavy atom. The zero-order chi connectivity index (χ0) is 9.80. The Bertz CT molecular complexity index is 267. The second-order valence-corrected chi connectivity index (χ2v) is 4.21. The smallest absolute Gasteiger partial charge is 0.0293 e. The van der Waals surface area contributed by atoms with Gasteiger partial charge in [0.1, 0.15) is 0 Å². The van der Waals surface area contributed by atoms with Crippen molar-refractivity contribution < 1.29 is 0 Å². The quantitative estimate of drug-likeness (QED) is 0.789. The second kappa shape index (κ2) is 4.56. The van der Waals surface area contributed by atoms with E-state index in [0.717, 1.165) is 5.92 Å². The van der Waals surface area contributed by atoms with E-state index in [1.165, 1.54) is 31.4 Å². The summed E-state index contributed by atoms with van der Waals surface area (Å²) < 4.78 is 0. The lowest BCUT2D eigenvalue weighted by Gasteiger charge is -2.27. The van der Waals surface area contributed by atoms with Crippen LogP contribution in [0.3, 0.4) is 0 Å². The van der Waals surface area contributed by atoms with E-state index in [1.807, 2.05) is 12.4 Å². The third-order valence-corrected chi connectivity index (χ3v) is 3.14. The van der Waals surface area contributed by atoms with E-state index >= 15 is 0 Å². The highest BCUT2D eigenvalue weighted by Gasteiger charge is 2.17. The molecule has 1 atom stereocenters. The van der Waals surface area contributed by atoms with Crippen molar-refractivity contribution in [3.8, 4) is 0 Å². The first kappa shape index (κ1) is 9.66.